The molecule has 0 fully saturated rings. The van der Waals surface area contributed by atoms with Crippen LogP contribution in [-0.4, -0.2) is 0 Å². The van der Waals surface area contributed by atoms with E-state index < -0.39 is 0 Å². The summed E-state index contributed by atoms with van der Waals surface area (Å²) in [7, 11) is 0. The molecule has 0 aliphatic heterocycles. The number of hydrogen-bond donors (Lipinski definition) is 0. The van der Waals surface area contributed by atoms with E-state index in [1.807, 2.05) is 0 Å². The molecule has 0 saturated heterocycles. The van der Waals surface area contributed by atoms with Crippen molar-refractivity contribution >= 4 is 32.3 Å². The van der Waals surface area contributed by atoms with Crippen LogP contribution in [0.15, 0.2) is 218 Å². The molecule has 252 valence electrons. The number of hydrogen-bond acceptors (Lipinski definition) is 0. The predicted octanol–water partition coefficient (Wildman–Crippen LogP) is 15.1. The van der Waals surface area contributed by atoms with Gasteiger partial charge in [-0.15, -0.1) is 0 Å². The average molecular weight is 685 g/mol. The van der Waals surface area contributed by atoms with E-state index in [0.717, 1.165) is 0 Å². The molecule has 0 N–H and O–H groups in total. The van der Waals surface area contributed by atoms with Crippen LogP contribution in [0.2, 0.25) is 0 Å². The molecule has 0 unspecified atom stereocenters. The number of benzene rings is 10. The van der Waals surface area contributed by atoms with Gasteiger partial charge in [0.05, 0.1) is 0 Å². The van der Waals surface area contributed by atoms with Gasteiger partial charge in [0.25, 0.3) is 0 Å². The molecule has 10 aromatic carbocycles. The third-order valence-electron chi connectivity index (χ3n) is 10.9. The van der Waals surface area contributed by atoms with Crippen molar-refractivity contribution in [2.24, 2.45) is 0 Å². The molecule has 0 aliphatic carbocycles. The second-order valence-corrected chi connectivity index (χ2v) is 14.1. The molecular weight excluding hydrogens is 649 g/mol. The van der Waals surface area contributed by atoms with Crippen LogP contribution in [0.1, 0.15) is 0 Å². The molecule has 0 saturated carbocycles. The normalized spacial score (nSPS) is 11.3. The van der Waals surface area contributed by atoms with Crippen molar-refractivity contribution in [1.29, 1.82) is 0 Å². The number of rotatable bonds is 6. The highest BCUT2D eigenvalue weighted by atomic mass is 14.2. The van der Waals surface area contributed by atoms with Gasteiger partial charge in [0.1, 0.15) is 0 Å². The van der Waals surface area contributed by atoms with Crippen molar-refractivity contribution in [2.45, 2.75) is 0 Å². The van der Waals surface area contributed by atoms with Gasteiger partial charge < -0.3 is 0 Å². The molecular formula is C54H36. The summed E-state index contributed by atoms with van der Waals surface area (Å²) in [6, 6.07) is 79.7. The minimum absolute atomic E-state index is 1.20. The van der Waals surface area contributed by atoms with Crippen LogP contribution in [0.3, 0.4) is 0 Å². The minimum atomic E-state index is 1.20. The first-order valence-corrected chi connectivity index (χ1v) is 18.7. The maximum absolute atomic E-state index is 2.41. The van der Waals surface area contributed by atoms with E-state index in [-0.39, 0.29) is 0 Å². The highest BCUT2D eigenvalue weighted by molar-refractivity contribution is 6.21. The molecule has 0 heterocycles. The van der Waals surface area contributed by atoms with Crippen molar-refractivity contribution < 1.29 is 0 Å². The van der Waals surface area contributed by atoms with Gasteiger partial charge in [-0.2, -0.15) is 0 Å². The molecule has 0 bridgehead atoms. The lowest BCUT2D eigenvalue weighted by atomic mass is 9.84. The summed E-state index contributed by atoms with van der Waals surface area (Å²) in [5.41, 5.74) is 14.7. The van der Waals surface area contributed by atoms with E-state index in [0.29, 0.717) is 0 Å². The van der Waals surface area contributed by atoms with Gasteiger partial charge in [-0.25, -0.2) is 0 Å². The van der Waals surface area contributed by atoms with Crippen molar-refractivity contribution in [3.05, 3.63) is 218 Å². The van der Waals surface area contributed by atoms with Gasteiger partial charge in [0, 0.05) is 0 Å². The Morgan fingerprint density at radius 1 is 0.185 bits per heavy atom. The zero-order valence-electron chi connectivity index (χ0n) is 29.8. The average Bonchev–Trinajstić information content (AvgIpc) is 3.26. The largest absolute Gasteiger partial charge is 0.0622 e. The topological polar surface area (TPSA) is 0 Å². The lowest BCUT2D eigenvalue weighted by Gasteiger charge is -2.19. The van der Waals surface area contributed by atoms with E-state index in [9.17, 15) is 0 Å². The van der Waals surface area contributed by atoms with Crippen LogP contribution in [-0.2, 0) is 0 Å². The molecule has 0 atom stereocenters. The highest BCUT2D eigenvalue weighted by Crippen LogP contribution is 2.45. The van der Waals surface area contributed by atoms with Crippen LogP contribution >= 0.6 is 0 Å². The zero-order chi connectivity index (χ0) is 35.8. The van der Waals surface area contributed by atoms with Crippen molar-refractivity contribution in [2.75, 3.05) is 0 Å². The summed E-state index contributed by atoms with van der Waals surface area (Å²) in [5, 5.41) is 7.58. The van der Waals surface area contributed by atoms with E-state index in [1.165, 1.54) is 99.1 Å². The molecule has 0 nitrogen and oxygen atoms in total. The third-order valence-corrected chi connectivity index (χ3v) is 10.9. The molecule has 54 heavy (non-hydrogen) atoms. The van der Waals surface area contributed by atoms with Gasteiger partial charge in [-0.05, 0) is 111 Å². The summed E-state index contributed by atoms with van der Waals surface area (Å²) in [4.78, 5) is 0. The van der Waals surface area contributed by atoms with Crippen LogP contribution in [0, 0.1) is 0 Å². The Kier molecular flexibility index (Phi) is 7.93. The fraction of sp³-hybridized carbons (Fsp3) is 0. The van der Waals surface area contributed by atoms with Gasteiger partial charge in [-0.1, -0.05) is 206 Å². The van der Waals surface area contributed by atoms with Crippen LogP contribution in [0.5, 0.6) is 0 Å². The van der Waals surface area contributed by atoms with Gasteiger partial charge >= 0.3 is 0 Å². The maximum atomic E-state index is 2.41. The Morgan fingerprint density at radius 2 is 0.574 bits per heavy atom. The Balaban J connectivity index is 1.08. The van der Waals surface area contributed by atoms with E-state index >= 15 is 0 Å². The Morgan fingerprint density at radius 3 is 1.15 bits per heavy atom. The SMILES string of the molecule is c1ccc(-c2ccc(-c3c4ccccc4c(-c4ccccc4)c4ccccc34)cc2-c2ccc(-c3ccc(-c4ccc5ccccc5c4)cc3)cc2)cc1. The lowest BCUT2D eigenvalue weighted by Crippen LogP contribution is -1.92. The Hall–Kier alpha value is -7.02. The van der Waals surface area contributed by atoms with E-state index in [4.69, 9.17) is 0 Å². The lowest BCUT2D eigenvalue weighted by molar-refractivity contribution is 1.56. The summed E-state index contributed by atoms with van der Waals surface area (Å²) in [6.07, 6.45) is 0. The molecule has 0 aromatic heterocycles. The predicted molar refractivity (Wildman–Crippen MR) is 232 cm³/mol. The quantitative estimate of drug-likeness (QED) is 0.153. The summed E-state index contributed by atoms with van der Waals surface area (Å²) >= 11 is 0. The van der Waals surface area contributed by atoms with E-state index in [2.05, 4.69) is 218 Å². The molecule has 0 amide bonds. The van der Waals surface area contributed by atoms with Crippen LogP contribution in [0.25, 0.3) is 99.1 Å². The molecule has 0 aliphatic rings. The van der Waals surface area contributed by atoms with E-state index in [1.54, 1.807) is 0 Å². The first-order valence-electron chi connectivity index (χ1n) is 18.7. The molecule has 0 radical (unpaired) electrons. The smallest absolute Gasteiger partial charge is 0.00261 e. The summed E-state index contributed by atoms with van der Waals surface area (Å²) in [5.74, 6) is 0. The molecule has 0 spiro atoms. The monoisotopic (exact) mass is 684 g/mol. The van der Waals surface area contributed by atoms with Crippen molar-refractivity contribution in [3.63, 3.8) is 0 Å². The van der Waals surface area contributed by atoms with Crippen molar-refractivity contribution in [3.8, 4) is 66.8 Å². The van der Waals surface area contributed by atoms with Crippen LogP contribution < -0.4 is 0 Å². The number of fused-ring (bicyclic) bond motifs is 3. The summed E-state index contributed by atoms with van der Waals surface area (Å²) in [6.45, 7) is 0. The first kappa shape index (κ1) is 31.7. The molecule has 10 rings (SSSR count). The van der Waals surface area contributed by atoms with Gasteiger partial charge in [0.15, 0.2) is 0 Å². The third kappa shape index (κ3) is 5.66. The molecule has 0 heteroatoms. The second-order valence-electron chi connectivity index (χ2n) is 14.1. The maximum Gasteiger partial charge on any atom is -0.00261 e. The second kappa shape index (κ2) is 13.5. The van der Waals surface area contributed by atoms with Gasteiger partial charge in [0.2, 0.25) is 0 Å². The fourth-order valence-electron chi connectivity index (χ4n) is 8.23. The van der Waals surface area contributed by atoms with Crippen molar-refractivity contribution in [1.82, 2.24) is 0 Å². The summed E-state index contributed by atoms with van der Waals surface area (Å²) < 4.78 is 0. The zero-order valence-corrected chi connectivity index (χ0v) is 29.8. The highest BCUT2D eigenvalue weighted by Gasteiger charge is 2.18. The standard InChI is InChI=1S/C54H36/c1-3-14-41(15-4-1)47-34-33-46(54-50-21-11-9-19-48(50)53(43-16-5-2-6-17-43)49-20-10-12-22-51(49)54)36-52(47)42-30-27-39(28-31-42)38-23-25-40(26-24-38)45-32-29-37-13-7-8-18-44(37)35-45/h1-36H. The Labute approximate surface area is 316 Å². The first-order chi connectivity index (χ1) is 26.8. The molecule has 10 aromatic rings. The Bertz CT molecular complexity index is 2880. The fourth-order valence-corrected chi connectivity index (χ4v) is 8.23. The van der Waals surface area contributed by atoms with Crippen LogP contribution in [0.4, 0.5) is 0 Å². The van der Waals surface area contributed by atoms with Gasteiger partial charge in [-0.3, -0.25) is 0 Å². The minimum Gasteiger partial charge on any atom is -0.0622 e.